The second-order valence-electron chi connectivity index (χ2n) is 10.6. The summed E-state index contributed by atoms with van der Waals surface area (Å²) in [6.45, 7) is 4.03. The molecule has 0 radical (unpaired) electrons. The van der Waals surface area contributed by atoms with E-state index in [1.165, 1.54) is 0 Å². The zero-order valence-corrected chi connectivity index (χ0v) is 23.9. The van der Waals surface area contributed by atoms with Crippen molar-refractivity contribution in [3.8, 4) is 6.07 Å². The Morgan fingerprint density at radius 1 is 1.05 bits per heavy atom. The van der Waals surface area contributed by atoms with E-state index < -0.39 is 25.3 Å². The lowest BCUT2D eigenvalue weighted by Gasteiger charge is -2.41. The maximum absolute atomic E-state index is 13.8. The van der Waals surface area contributed by atoms with Gasteiger partial charge < -0.3 is 34.5 Å². The highest BCUT2D eigenvalue weighted by molar-refractivity contribution is 6.43. The average Bonchev–Trinajstić information content (AvgIpc) is 3.01. The summed E-state index contributed by atoms with van der Waals surface area (Å²) in [7, 11) is -1.77. The van der Waals surface area contributed by atoms with Crippen LogP contribution in [0.25, 0.3) is 6.08 Å². The van der Waals surface area contributed by atoms with Crippen molar-refractivity contribution in [2.45, 2.75) is 63.2 Å². The molecule has 2 aromatic carbocycles. The van der Waals surface area contributed by atoms with Crippen molar-refractivity contribution < 1.29 is 33.8 Å². The Bertz CT molecular complexity index is 1240. The van der Waals surface area contributed by atoms with Gasteiger partial charge in [-0.2, -0.15) is 5.26 Å². The third-order valence-corrected chi connectivity index (χ3v) is 7.69. The molecular weight excluding hydrogens is 537 g/mol. The van der Waals surface area contributed by atoms with Gasteiger partial charge >= 0.3 is 13.2 Å². The van der Waals surface area contributed by atoms with Crippen molar-refractivity contribution in [3.05, 3.63) is 76.9 Å². The summed E-state index contributed by atoms with van der Waals surface area (Å²) >= 11 is 0. The van der Waals surface area contributed by atoms with Gasteiger partial charge in [-0.3, -0.25) is 4.79 Å². The molecule has 0 spiro atoms. The Morgan fingerprint density at radius 2 is 1.67 bits per heavy atom. The van der Waals surface area contributed by atoms with Crippen molar-refractivity contribution in [2.75, 3.05) is 26.4 Å². The minimum atomic E-state index is -1.77. The summed E-state index contributed by atoms with van der Waals surface area (Å²) in [5.41, 5.74) is 2.15. The van der Waals surface area contributed by atoms with E-state index in [1.54, 1.807) is 37.3 Å². The molecular formula is C31H38BN3O7. The molecule has 11 heteroatoms. The molecule has 2 aromatic rings. The second kappa shape index (κ2) is 15.5. The molecule has 2 unspecified atom stereocenters. The van der Waals surface area contributed by atoms with Crippen molar-refractivity contribution >= 4 is 25.2 Å². The van der Waals surface area contributed by atoms with Gasteiger partial charge in [0, 0.05) is 38.5 Å². The molecule has 0 aliphatic carbocycles. The number of hydrogen-bond acceptors (Lipinski definition) is 8. The van der Waals surface area contributed by atoms with Crippen molar-refractivity contribution in [1.82, 2.24) is 10.2 Å². The van der Waals surface area contributed by atoms with Crippen LogP contribution in [0.15, 0.2) is 60.2 Å². The Labute approximate surface area is 247 Å². The number of carbonyl (C=O) groups is 2. The van der Waals surface area contributed by atoms with Crippen LogP contribution >= 0.6 is 0 Å². The lowest BCUT2D eigenvalue weighted by atomic mass is 9.76. The van der Waals surface area contributed by atoms with Gasteiger partial charge in [0.05, 0.1) is 5.94 Å². The lowest BCUT2D eigenvalue weighted by molar-refractivity contribution is -0.136. The minimum Gasteiger partial charge on any atom is -0.442 e. The van der Waals surface area contributed by atoms with Gasteiger partial charge in [0.1, 0.15) is 17.7 Å². The number of benzene rings is 2. The van der Waals surface area contributed by atoms with Gasteiger partial charge in [0.15, 0.2) is 0 Å². The van der Waals surface area contributed by atoms with Crippen LogP contribution in [0, 0.1) is 11.3 Å². The van der Waals surface area contributed by atoms with E-state index in [0.717, 1.165) is 31.2 Å². The van der Waals surface area contributed by atoms with Gasteiger partial charge in [0.25, 0.3) is 5.91 Å². The molecule has 2 saturated heterocycles. The molecule has 2 aliphatic heterocycles. The summed E-state index contributed by atoms with van der Waals surface area (Å²) in [6, 6.07) is 18.4. The normalized spacial score (nSPS) is 17.9. The van der Waals surface area contributed by atoms with Gasteiger partial charge in [0.2, 0.25) is 0 Å². The Balaban J connectivity index is 1.45. The number of nitriles is 1. The molecule has 2 heterocycles. The molecule has 3 N–H and O–H groups in total. The van der Waals surface area contributed by atoms with Crippen LogP contribution in [0.4, 0.5) is 4.79 Å². The fourth-order valence-electron chi connectivity index (χ4n) is 5.42. The van der Waals surface area contributed by atoms with E-state index in [0.29, 0.717) is 37.6 Å². The molecule has 2 atom stereocenters. The lowest BCUT2D eigenvalue weighted by Crippen LogP contribution is -2.51. The Morgan fingerprint density at radius 3 is 2.24 bits per heavy atom. The van der Waals surface area contributed by atoms with Crippen molar-refractivity contribution in [1.29, 1.82) is 5.26 Å². The van der Waals surface area contributed by atoms with E-state index in [9.17, 15) is 24.9 Å². The van der Waals surface area contributed by atoms with Gasteiger partial charge in [-0.25, -0.2) is 4.79 Å². The first kappa shape index (κ1) is 31.3. The summed E-state index contributed by atoms with van der Waals surface area (Å²) in [4.78, 5) is 28.3. The third-order valence-electron chi connectivity index (χ3n) is 7.69. The number of amides is 2. The van der Waals surface area contributed by atoms with E-state index in [2.05, 4.69) is 11.4 Å². The third kappa shape index (κ3) is 8.66. The molecule has 0 saturated carbocycles. The first-order valence-corrected chi connectivity index (χ1v) is 14.4. The number of rotatable bonds is 10. The predicted molar refractivity (Wildman–Crippen MR) is 157 cm³/mol. The van der Waals surface area contributed by atoms with Crippen molar-refractivity contribution in [2.24, 2.45) is 0 Å². The number of alkyl carbamates (subject to hydrolysis) is 1. The summed E-state index contributed by atoms with van der Waals surface area (Å²) in [5.74, 6) is -1.25. The Hall–Kier alpha value is -3.69. The molecule has 10 nitrogen and oxygen atoms in total. The molecule has 0 bridgehead atoms. The fraction of sp³-hybridized carbons (Fsp3) is 0.452. The monoisotopic (exact) mass is 575 g/mol. The number of nitrogens with one attached hydrogen (secondary N) is 1. The van der Waals surface area contributed by atoms with Crippen LogP contribution < -0.4 is 5.32 Å². The molecule has 0 aromatic heterocycles. The van der Waals surface area contributed by atoms with Crippen LogP contribution in [-0.2, 0) is 25.4 Å². The molecule has 4 rings (SSSR count). The number of carbonyl (C=O) groups excluding carboxylic acids is 2. The zero-order valence-electron chi connectivity index (χ0n) is 23.9. The first-order valence-electron chi connectivity index (χ1n) is 14.4. The van der Waals surface area contributed by atoms with E-state index >= 15 is 0 Å². The second-order valence-corrected chi connectivity index (χ2v) is 10.6. The van der Waals surface area contributed by atoms with Crippen LogP contribution in [0.5, 0.6) is 0 Å². The SMILES string of the molecule is CC(OC(=O)NC(Cc1ccccc1)B(O)O)c1cccc(C=C(C#N)C(=O)N(C2CCOCC2)C2CCOCC2)c1. The topological polar surface area (TPSA) is 141 Å². The van der Waals surface area contributed by atoms with Gasteiger partial charge in [-0.05, 0) is 67.9 Å². The molecule has 42 heavy (non-hydrogen) atoms. The maximum atomic E-state index is 13.8. The number of ether oxygens (including phenoxy) is 3. The van der Waals surface area contributed by atoms with Gasteiger partial charge in [-0.15, -0.1) is 0 Å². The molecule has 2 aliphatic rings. The van der Waals surface area contributed by atoms with Crippen LogP contribution in [-0.4, -0.2) is 78.5 Å². The quantitative estimate of drug-likeness (QED) is 0.223. The Kier molecular flexibility index (Phi) is 11.5. The average molecular weight is 575 g/mol. The maximum Gasteiger partial charge on any atom is 0.475 e. The minimum absolute atomic E-state index is 0.00697. The highest BCUT2D eigenvalue weighted by Gasteiger charge is 2.34. The van der Waals surface area contributed by atoms with Crippen LogP contribution in [0.2, 0.25) is 0 Å². The smallest absolute Gasteiger partial charge is 0.442 e. The fourth-order valence-corrected chi connectivity index (χ4v) is 5.42. The summed E-state index contributed by atoms with van der Waals surface area (Å²) in [5, 5.41) is 32.1. The summed E-state index contributed by atoms with van der Waals surface area (Å²) < 4.78 is 16.6. The van der Waals surface area contributed by atoms with Crippen LogP contribution in [0.3, 0.4) is 0 Å². The molecule has 2 fully saturated rings. The standard InChI is InChI=1S/C31H38BN3O7/c1-22(42-31(37)34-29(32(38)39)20-23-6-3-2-4-7-23)25-9-5-8-24(18-25)19-26(21-33)30(36)35(27-10-14-40-15-11-27)28-12-16-41-17-13-28/h2-9,18-19,22,27-29,38-39H,10-17,20H2,1H3,(H,34,37). The van der Waals surface area contributed by atoms with Crippen molar-refractivity contribution in [3.63, 3.8) is 0 Å². The highest BCUT2D eigenvalue weighted by atomic mass is 16.6. The highest BCUT2D eigenvalue weighted by Crippen LogP contribution is 2.26. The molecule has 2 amide bonds. The van der Waals surface area contributed by atoms with E-state index in [-0.39, 0.29) is 30.0 Å². The zero-order chi connectivity index (χ0) is 29.9. The molecule has 222 valence electrons. The number of nitrogens with zero attached hydrogens (tertiary/aromatic N) is 2. The van der Waals surface area contributed by atoms with E-state index in [1.807, 2.05) is 35.2 Å². The summed E-state index contributed by atoms with van der Waals surface area (Å²) in [6.07, 6.45) is 3.22. The largest absolute Gasteiger partial charge is 0.475 e. The number of hydrogen-bond donors (Lipinski definition) is 3. The van der Waals surface area contributed by atoms with Crippen LogP contribution in [0.1, 0.15) is 55.4 Å². The first-order chi connectivity index (χ1) is 20.4. The van der Waals surface area contributed by atoms with Gasteiger partial charge in [-0.1, -0.05) is 48.5 Å². The van der Waals surface area contributed by atoms with E-state index in [4.69, 9.17) is 14.2 Å². The predicted octanol–water partition coefficient (Wildman–Crippen LogP) is 3.19.